The fourth-order valence-electron chi connectivity index (χ4n) is 2.29. The van der Waals surface area contributed by atoms with Gasteiger partial charge in [-0.3, -0.25) is 9.67 Å². The van der Waals surface area contributed by atoms with E-state index in [9.17, 15) is 0 Å². The summed E-state index contributed by atoms with van der Waals surface area (Å²) < 4.78 is 1.81. The summed E-state index contributed by atoms with van der Waals surface area (Å²) in [6, 6.07) is 1.97. The number of nitrogens with two attached hydrogens (primary N) is 1. The maximum absolute atomic E-state index is 5.80. The van der Waals surface area contributed by atoms with Gasteiger partial charge in [-0.1, -0.05) is 12.2 Å². The van der Waals surface area contributed by atoms with E-state index in [2.05, 4.69) is 15.4 Å². The number of aromatic nitrogens is 3. The van der Waals surface area contributed by atoms with Crippen LogP contribution in [0.25, 0.3) is 0 Å². The molecule has 0 aliphatic heterocycles. The molecule has 0 aromatic carbocycles. The van der Waals surface area contributed by atoms with Crippen LogP contribution in [0.4, 0.5) is 5.69 Å². The lowest BCUT2D eigenvalue weighted by Crippen LogP contribution is -2.16. The number of hydrogen-bond donors (Lipinski definition) is 2. The van der Waals surface area contributed by atoms with E-state index in [1.165, 1.54) is 0 Å². The van der Waals surface area contributed by atoms with Crippen LogP contribution in [0.5, 0.6) is 0 Å². The van der Waals surface area contributed by atoms with Gasteiger partial charge in [-0.05, 0) is 26.8 Å². The van der Waals surface area contributed by atoms with Crippen LogP contribution in [0.2, 0.25) is 0 Å². The van der Waals surface area contributed by atoms with E-state index in [0.717, 1.165) is 33.9 Å². The van der Waals surface area contributed by atoms with Crippen molar-refractivity contribution in [2.75, 3.05) is 5.32 Å². The fourth-order valence-corrected chi connectivity index (χ4v) is 2.55. The summed E-state index contributed by atoms with van der Waals surface area (Å²) in [4.78, 5) is 4.77. The molecular formula is C14H19N5S. The van der Waals surface area contributed by atoms with E-state index >= 15 is 0 Å². The minimum Gasteiger partial charge on any atom is -0.389 e. The second-order valence-corrected chi connectivity index (χ2v) is 5.34. The van der Waals surface area contributed by atoms with Crippen molar-refractivity contribution in [3.8, 4) is 0 Å². The van der Waals surface area contributed by atoms with Crippen molar-refractivity contribution in [3.05, 3.63) is 40.5 Å². The Morgan fingerprint density at radius 1 is 1.35 bits per heavy atom. The van der Waals surface area contributed by atoms with Gasteiger partial charge in [0.2, 0.25) is 0 Å². The lowest BCUT2D eigenvalue weighted by molar-refractivity contribution is 0.756. The highest BCUT2D eigenvalue weighted by atomic mass is 32.1. The predicted molar refractivity (Wildman–Crippen MR) is 84.9 cm³/mol. The van der Waals surface area contributed by atoms with Crippen LogP contribution in [0.1, 0.15) is 28.2 Å². The molecular weight excluding hydrogens is 270 g/mol. The van der Waals surface area contributed by atoms with E-state index in [4.69, 9.17) is 18.0 Å². The number of anilines is 1. The summed E-state index contributed by atoms with van der Waals surface area (Å²) in [6.45, 7) is 6.55. The molecule has 0 bridgehead atoms. The standard InChI is InChI=1S/C14H19N5S/c1-8-5-12(13(14(15)20)10(3)17-8)16-6-11-7-19(4)18-9(11)2/h5,7H,6H2,1-4H3,(H2,15,20)(H,16,17). The summed E-state index contributed by atoms with van der Waals surface area (Å²) in [6.07, 6.45) is 2.00. The Labute approximate surface area is 124 Å². The molecule has 0 aliphatic rings. The summed E-state index contributed by atoms with van der Waals surface area (Å²) in [5, 5.41) is 7.72. The highest BCUT2D eigenvalue weighted by Crippen LogP contribution is 2.21. The van der Waals surface area contributed by atoms with Crippen molar-refractivity contribution in [1.29, 1.82) is 0 Å². The average molecular weight is 289 g/mol. The SMILES string of the molecule is Cc1cc(NCc2cn(C)nc2C)c(C(N)=S)c(C)n1. The topological polar surface area (TPSA) is 68.8 Å². The van der Waals surface area contributed by atoms with Crippen LogP contribution < -0.4 is 11.1 Å². The molecule has 0 unspecified atom stereocenters. The molecule has 2 aromatic heterocycles. The Morgan fingerprint density at radius 2 is 2.05 bits per heavy atom. The molecule has 5 nitrogen and oxygen atoms in total. The van der Waals surface area contributed by atoms with Crippen LogP contribution in [-0.4, -0.2) is 19.8 Å². The van der Waals surface area contributed by atoms with Crippen molar-refractivity contribution >= 4 is 22.9 Å². The quantitative estimate of drug-likeness (QED) is 0.842. The zero-order valence-corrected chi connectivity index (χ0v) is 13.0. The van der Waals surface area contributed by atoms with Crippen molar-refractivity contribution in [3.63, 3.8) is 0 Å². The Balaban J connectivity index is 2.29. The zero-order valence-electron chi connectivity index (χ0n) is 12.2. The van der Waals surface area contributed by atoms with E-state index in [1.807, 2.05) is 44.8 Å². The number of thiocarbonyl (C=S) groups is 1. The number of rotatable bonds is 4. The minimum atomic E-state index is 0.361. The first-order chi connectivity index (χ1) is 9.38. The van der Waals surface area contributed by atoms with Crippen molar-refractivity contribution in [1.82, 2.24) is 14.8 Å². The summed E-state index contributed by atoms with van der Waals surface area (Å²) in [5.74, 6) is 0. The molecule has 6 heteroatoms. The number of nitrogens with zero attached hydrogens (tertiary/aromatic N) is 3. The lowest BCUT2D eigenvalue weighted by Gasteiger charge is -2.14. The monoisotopic (exact) mass is 289 g/mol. The third-order valence-electron chi connectivity index (χ3n) is 3.16. The largest absolute Gasteiger partial charge is 0.389 e. The predicted octanol–water partition coefficient (Wildman–Crippen LogP) is 1.99. The Bertz CT molecular complexity index is 660. The van der Waals surface area contributed by atoms with Gasteiger partial charge in [-0.15, -0.1) is 0 Å². The number of pyridine rings is 1. The van der Waals surface area contributed by atoms with Gasteiger partial charge in [0.25, 0.3) is 0 Å². The highest BCUT2D eigenvalue weighted by Gasteiger charge is 2.12. The summed E-state index contributed by atoms with van der Waals surface area (Å²) in [7, 11) is 1.91. The number of hydrogen-bond acceptors (Lipinski definition) is 4. The Morgan fingerprint density at radius 3 is 2.60 bits per heavy atom. The van der Waals surface area contributed by atoms with Gasteiger partial charge in [0.15, 0.2) is 0 Å². The fraction of sp³-hybridized carbons (Fsp3) is 0.357. The molecule has 0 fully saturated rings. The van der Waals surface area contributed by atoms with Gasteiger partial charge in [0, 0.05) is 42.4 Å². The molecule has 0 amide bonds. The van der Waals surface area contributed by atoms with Crippen LogP contribution in [0.15, 0.2) is 12.3 Å². The molecule has 2 aromatic rings. The molecule has 2 rings (SSSR count). The van der Waals surface area contributed by atoms with Gasteiger partial charge in [-0.25, -0.2) is 0 Å². The van der Waals surface area contributed by atoms with Gasteiger partial charge in [-0.2, -0.15) is 5.10 Å². The summed E-state index contributed by atoms with van der Waals surface area (Å²) in [5.41, 5.74) is 11.5. The average Bonchev–Trinajstić information content (AvgIpc) is 2.63. The van der Waals surface area contributed by atoms with Crippen LogP contribution in [0.3, 0.4) is 0 Å². The maximum Gasteiger partial charge on any atom is 0.107 e. The number of aryl methyl sites for hydroxylation is 4. The normalized spacial score (nSPS) is 10.6. The molecule has 2 heterocycles. The Hall–Kier alpha value is -1.95. The third kappa shape index (κ3) is 2.96. The first-order valence-corrected chi connectivity index (χ1v) is 6.80. The minimum absolute atomic E-state index is 0.361. The second-order valence-electron chi connectivity index (χ2n) is 4.90. The maximum atomic E-state index is 5.80. The number of nitrogens with one attached hydrogen (secondary N) is 1. The van der Waals surface area contributed by atoms with Gasteiger partial charge < -0.3 is 11.1 Å². The molecule has 3 N–H and O–H groups in total. The smallest absolute Gasteiger partial charge is 0.107 e. The van der Waals surface area contributed by atoms with Crippen molar-refractivity contribution in [2.24, 2.45) is 12.8 Å². The second kappa shape index (κ2) is 5.58. The van der Waals surface area contributed by atoms with Crippen LogP contribution in [0, 0.1) is 20.8 Å². The zero-order chi connectivity index (χ0) is 14.9. The van der Waals surface area contributed by atoms with Crippen molar-refractivity contribution in [2.45, 2.75) is 27.3 Å². The van der Waals surface area contributed by atoms with Gasteiger partial charge in [0.1, 0.15) is 4.99 Å². The van der Waals surface area contributed by atoms with Crippen LogP contribution in [-0.2, 0) is 13.6 Å². The molecule has 0 saturated heterocycles. The molecule has 0 spiro atoms. The molecule has 0 saturated carbocycles. The van der Waals surface area contributed by atoms with Crippen molar-refractivity contribution < 1.29 is 0 Å². The molecule has 106 valence electrons. The van der Waals surface area contributed by atoms with E-state index in [1.54, 1.807) is 0 Å². The third-order valence-corrected chi connectivity index (χ3v) is 3.36. The molecule has 0 aliphatic carbocycles. The first kappa shape index (κ1) is 14.5. The highest BCUT2D eigenvalue weighted by molar-refractivity contribution is 7.80. The Kier molecular flexibility index (Phi) is 4.04. The van der Waals surface area contributed by atoms with E-state index in [0.29, 0.717) is 11.5 Å². The first-order valence-electron chi connectivity index (χ1n) is 6.39. The van der Waals surface area contributed by atoms with E-state index in [-0.39, 0.29) is 0 Å². The van der Waals surface area contributed by atoms with Gasteiger partial charge >= 0.3 is 0 Å². The van der Waals surface area contributed by atoms with E-state index < -0.39 is 0 Å². The molecule has 0 atom stereocenters. The molecule has 20 heavy (non-hydrogen) atoms. The van der Waals surface area contributed by atoms with Crippen LogP contribution >= 0.6 is 12.2 Å². The summed E-state index contributed by atoms with van der Waals surface area (Å²) >= 11 is 5.12. The molecule has 0 radical (unpaired) electrons. The van der Waals surface area contributed by atoms with Gasteiger partial charge in [0.05, 0.1) is 11.3 Å². The lowest BCUT2D eigenvalue weighted by atomic mass is 10.1.